The summed E-state index contributed by atoms with van der Waals surface area (Å²) in [5.41, 5.74) is 3.53. The van der Waals surface area contributed by atoms with E-state index in [0.717, 1.165) is 0 Å². The van der Waals surface area contributed by atoms with Gasteiger partial charge in [0.2, 0.25) is 0 Å². The standard InChI is InChI=1S/C25H25N5O6/c1-14-20(29-24(33)27-18-9-5-16(6-10-18)22(31)35-3)13-21(15(2)26-14)30-25(34)28-19-11-7-17(8-12-19)23(32)36-4/h5-13H,1-4H3,(H2,27,29,33)(H2,28,30,34). The number of anilines is 4. The van der Waals surface area contributed by atoms with Crippen LogP contribution in [0.15, 0.2) is 54.6 Å². The van der Waals surface area contributed by atoms with E-state index in [1.807, 2.05) is 0 Å². The average molecular weight is 492 g/mol. The Morgan fingerprint density at radius 3 is 1.31 bits per heavy atom. The summed E-state index contributed by atoms with van der Waals surface area (Å²) in [5.74, 6) is -0.954. The average Bonchev–Trinajstić information content (AvgIpc) is 2.86. The molecular formula is C25H25N5O6. The number of nitrogens with zero attached hydrogens (tertiary/aromatic N) is 1. The molecule has 0 bridgehead atoms. The van der Waals surface area contributed by atoms with E-state index < -0.39 is 24.0 Å². The van der Waals surface area contributed by atoms with Crippen LogP contribution in [-0.2, 0) is 9.47 Å². The molecule has 0 saturated carbocycles. The predicted molar refractivity (Wildman–Crippen MR) is 135 cm³/mol. The molecule has 36 heavy (non-hydrogen) atoms. The van der Waals surface area contributed by atoms with Gasteiger partial charge in [-0.1, -0.05) is 0 Å². The number of amides is 4. The minimum absolute atomic E-state index is 0.357. The van der Waals surface area contributed by atoms with Gasteiger partial charge in [0.15, 0.2) is 0 Å². The second-order valence-electron chi connectivity index (χ2n) is 7.55. The molecule has 3 rings (SSSR count). The molecule has 0 radical (unpaired) electrons. The van der Waals surface area contributed by atoms with E-state index in [0.29, 0.717) is 45.3 Å². The van der Waals surface area contributed by atoms with Crippen LogP contribution in [0.5, 0.6) is 0 Å². The molecule has 3 aromatic rings. The third kappa shape index (κ3) is 6.56. The van der Waals surface area contributed by atoms with Gasteiger partial charge in [-0.15, -0.1) is 0 Å². The minimum atomic E-state index is -0.532. The van der Waals surface area contributed by atoms with Crippen molar-refractivity contribution in [3.05, 3.63) is 77.1 Å². The van der Waals surface area contributed by atoms with Crippen molar-refractivity contribution >= 4 is 46.8 Å². The molecular weight excluding hydrogens is 466 g/mol. The van der Waals surface area contributed by atoms with Crippen molar-refractivity contribution in [2.75, 3.05) is 35.5 Å². The molecule has 186 valence electrons. The number of methoxy groups -OCH3 is 2. The number of urea groups is 2. The monoisotopic (exact) mass is 491 g/mol. The van der Waals surface area contributed by atoms with Crippen molar-refractivity contribution in [1.82, 2.24) is 4.98 Å². The lowest BCUT2D eigenvalue weighted by Gasteiger charge is -2.14. The molecule has 0 fully saturated rings. The van der Waals surface area contributed by atoms with E-state index in [1.165, 1.54) is 38.5 Å². The van der Waals surface area contributed by atoms with Crippen LogP contribution >= 0.6 is 0 Å². The summed E-state index contributed by atoms with van der Waals surface area (Å²) in [6.45, 7) is 3.45. The first-order valence-corrected chi connectivity index (χ1v) is 10.7. The van der Waals surface area contributed by atoms with Crippen LogP contribution in [0.3, 0.4) is 0 Å². The van der Waals surface area contributed by atoms with E-state index in [-0.39, 0.29) is 0 Å². The van der Waals surface area contributed by atoms with Gasteiger partial charge in [0.1, 0.15) is 0 Å². The molecule has 2 aromatic carbocycles. The number of nitrogens with one attached hydrogen (secondary N) is 4. The van der Waals surface area contributed by atoms with Gasteiger partial charge in [-0.2, -0.15) is 0 Å². The van der Waals surface area contributed by atoms with Crippen LogP contribution in [0.1, 0.15) is 32.1 Å². The van der Waals surface area contributed by atoms with Gasteiger partial charge in [-0.3, -0.25) is 4.98 Å². The Hall–Kier alpha value is -4.93. The van der Waals surface area contributed by atoms with E-state index in [4.69, 9.17) is 0 Å². The van der Waals surface area contributed by atoms with Crippen molar-refractivity contribution in [3.63, 3.8) is 0 Å². The molecule has 0 unspecified atom stereocenters. The highest BCUT2D eigenvalue weighted by atomic mass is 16.5. The van der Waals surface area contributed by atoms with E-state index in [2.05, 4.69) is 35.7 Å². The number of ether oxygens (including phenoxy) is 2. The number of rotatable bonds is 6. The largest absolute Gasteiger partial charge is 0.465 e. The van der Waals surface area contributed by atoms with Crippen molar-refractivity contribution in [2.45, 2.75) is 13.8 Å². The Labute approximate surface area is 207 Å². The van der Waals surface area contributed by atoms with Gasteiger partial charge in [-0.05, 0) is 68.4 Å². The highest BCUT2D eigenvalue weighted by Crippen LogP contribution is 2.23. The maximum absolute atomic E-state index is 12.5. The zero-order valence-corrected chi connectivity index (χ0v) is 20.1. The number of hydrogen-bond donors (Lipinski definition) is 4. The molecule has 1 aromatic heterocycles. The Kier molecular flexibility index (Phi) is 8.18. The highest BCUT2D eigenvalue weighted by molar-refractivity contribution is 6.03. The van der Waals surface area contributed by atoms with Gasteiger partial charge in [0.05, 0.1) is 48.1 Å². The zero-order chi connectivity index (χ0) is 26.2. The molecule has 0 aliphatic rings. The number of aromatic nitrogens is 1. The molecule has 4 N–H and O–H groups in total. The van der Waals surface area contributed by atoms with Gasteiger partial charge in [0.25, 0.3) is 0 Å². The maximum atomic E-state index is 12.5. The van der Waals surface area contributed by atoms with Crippen molar-refractivity contribution in [2.24, 2.45) is 0 Å². The lowest BCUT2D eigenvalue weighted by Crippen LogP contribution is -2.22. The van der Waals surface area contributed by atoms with Gasteiger partial charge < -0.3 is 30.7 Å². The third-order valence-corrected chi connectivity index (χ3v) is 5.03. The molecule has 4 amide bonds. The SMILES string of the molecule is COC(=O)c1ccc(NC(=O)Nc2cc(NC(=O)Nc3ccc(C(=O)OC)cc3)c(C)nc2C)cc1. The smallest absolute Gasteiger partial charge is 0.337 e. The fourth-order valence-corrected chi connectivity index (χ4v) is 3.16. The van der Waals surface area contributed by atoms with Gasteiger partial charge >= 0.3 is 24.0 Å². The number of hydrogen-bond acceptors (Lipinski definition) is 7. The van der Waals surface area contributed by atoms with Crippen LogP contribution in [0.25, 0.3) is 0 Å². The van der Waals surface area contributed by atoms with Gasteiger partial charge in [0, 0.05) is 11.4 Å². The molecule has 1 heterocycles. The van der Waals surface area contributed by atoms with Crippen LogP contribution < -0.4 is 21.3 Å². The third-order valence-electron chi connectivity index (χ3n) is 5.03. The highest BCUT2D eigenvalue weighted by Gasteiger charge is 2.13. The lowest BCUT2D eigenvalue weighted by molar-refractivity contribution is 0.0592. The predicted octanol–water partition coefficient (Wildman–Crippen LogP) is 4.56. The Balaban J connectivity index is 1.64. The van der Waals surface area contributed by atoms with Crippen LogP contribution in [0, 0.1) is 13.8 Å². The zero-order valence-electron chi connectivity index (χ0n) is 20.1. The number of carbonyl (C=O) groups excluding carboxylic acids is 4. The number of pyridine rings is 1. The van der Waals surface area contributed by atoms with Gasteiger partial charge in [-0.25, -0.2) is 19.2 Å². The molecule has 11 heteroatoms. The van der Waals surface area contributed by atoms with Crippen molar-refractivity contribution in [3.8, 4) is 0 Å². The summed E-state index contributed by atoms with van der Waals surface area (Å²) in [7, 11) is 2.58. The summed E-state index contributed by atoms with van der Waals surface area (Å²) in [5, 5.41) is 10.7. The topological polar surface area (TPSA) is 148 Å². The molecule has 0 spiro atoms. The summed E-state index contributed by atoms with van der Waals surface area (Å²) < 4.78 is 9.30. The van der Waals surface area contributed by atoms with Crippen molar-refractivity contribution < 1.29 is 28.7 Å². The molecule has 0 aliphatic carbocycles. The first kappa shape index (κ1) is 25.7. The summed E-state index contributed by atoms with van der Waals surface area (Å²) in [6, 6.07) is 12.9. The summed E-state index contributed by atoms with van der Waals surface area (Å²) in [6.07, 6.45) is 0. The molecule has 0 atom stereocenters. The van der Waals surface area contributed by atoms with Crippen LogP contribution in [0.4, 0.5) is 32.3 Å². The second kappa shape index (κ2) is 11.5. The number of benzene rings is 2. The molecule has 0 aliphatic heterocycles. The van der Waals surface area contributed by atoms with Crippen LogP contribution in [-0.4, -0.2) is 43.2 Å². The Bertz CT molecular complexity index is 1190. The summed E-state index contributed by atoms with van der Waals surface area (Å²) >= 11 is 0. The molecule has 11 nitrogen and oxygen atoms in total. The number of aryl methyl sites for hydroxylation is 2. The maximum Gasteiger partial charge on any atom is 0.337 e. The summed E-state index contributed by atoms with van der Waals surface area (Å²) in [4.78, 5) is 52.4. The second-order valence-corrected chi connectivity index (χ2v) is 7.55. The Morgan fingerprint density at radius 2 is 0.972 bits per heavy atom. The first-order valence-electron chi connectivity index (χ1n) is 10.7. The van der Waals surface area contributed by atoms with E-state index in [1.54, 1.807) is 44.2 Å². The van der Waals surface area contributed by atoms with E-state index in [9.17, 15) is 19.2 Å². The normalized spacial score (nSPS) is 10.1. The number of carbonyl (C=O) groups is 4. The van der Waals surface area contributed by atoms with Crippen LogP contribution in [0.2, 0.25) is 0 Å². The Morgan fingerprint density at radius 1 is 0.611 bits per heavy atom. The number of esters is 2. The minimum Gasteiger partial charge on any atom is -0.465 e. The first-order chi connectivity index (χ1) is 17.2. The van der Waals surface area contributed by atoms with E-state index >= 15 is 0 Å². The fraction of sp³-hybridized carbons (Fsp3) is 0.160. The molecule has 0 saturated heterocycles. The quantitative estimate of drug-likeness (QED) is 0.370. The lowest BCUT2D eigenvalue weighted by atomic mass is 10.2. The fourth-order valence-electron chi connectivity index (χ4n) is 3.16. The van der Waals surface area contributed by atoms with Crippen molar-refractivity contribution in [1.29, 1.82) is 0 Å².